The maximum atomic E-state index is 5.18. The van der Waals surface area contributed by atoms with Crippen molar-refractivity contribution in [2.45, 2.75) is 33.2 Å². The van der Waals surface area contributed by atoms with Gasteiger partial charge in [0, 0.05) is 13.1 Å². The molecule has 1 aromatic rings. The molecule has 0 radical (unpaired) electrons. The van der Waals surface area contributed by atoms with E-state index in [9.17, 15) is 0 Å². The van der Waals surface area contributed by atoms with Crippen LogP contribution in [0.5, 0.6) is 0 Å². The molecule has 0 unspecified atom stereocenters. The van der Waals surface area contributed by atoms with E-state index in [0.717, 1.165) is 24.6 Å². The first-order chi connectivity index (χ1) is 7.72. The molecule has 0 aliphatic carbocycles. The zero-order chi connectivity index (χ0) is 11.8. The molecule has 0 spiro atoms. The van der Waals surface area contributed by atoms with Crippen molar-refractivity contribution in [3.63, 3.8) is 0 Å². The number of hydrogen-bond donors (Lipinski definition) is 2. The first kappa shape index (κ1) is 13.0. The van der Waals surface area contributed by atoms with Gasteiger partial charge in [0.15, 0.2) is 5.11 Å². The fourth-order valence-electron chi connectivity index (χ4n) is 1.45. The second-order valence-electron chi connectivity index (χ2n) is 3.95. The van der Waals surface area contributed by atoms with Crippen LogP contribution in [-0.4, -0.2) is 11.7 Å². The molecule has 2 nitrogen and oxygen atoms in total. The SMILES string of the molecule is CCCCNC(=S)NCc1cccc(C)c1. The summed E-state index contributed by atoms with van der Waals surface area (Å²) in [6.45, 7) is 6.02. The molecule has 2 N–H and O–H groups in total. The summed E-state index contributed by atoms with van der Waals surface area (Å²) in [6.07, 6.45) is 2.35. The van der Waals surface area contributed by atoms with Gasteiger partial charge in [0.25, 0.3) is 0 Å². The van der Waals surface area contributed by atoms with Crippen LogP contribution in [0.3, 0.4) is 0 Å². The monoisotopic (exact) mass is 236 g/mol. The van der Waals surface area contributed by atoms with Crippen LogP contribution in [0.25, 0.3) is 0 Å². The summed E-state index contributed by atoms with van der Waals surface area (Å²) in [6, 6.07) is 8.44. The molecule has 0 aromatic heterocycles. The highest BCUT2D eigenvalue weighted by Crippen LogP contribution is 2.02. The summed E-state index contributed by atoms with van der Waals surface area (Å²) in [5, 5.41) is 7.14. The van der Waals surface area contributed by atoms with E-state index < -0.39 is 0 Å². The van der Waals surface area contributed by atoms with Crippen LogP contribution in [0.15, 0.2) is 24.3 Å². The molecule has 0 heterocycles. The first-order valence-electron chi connectivity index (χ1n) is 5.79. The van der Waals surface area contributed by atoms with Crippen LogP contribution in [-0.2, 0) is 6.54 Å². The Morgan fingerprint density at radius 2 is 2.12 bits per heavy atom. The number of nitrogens with one attached hydrogen (secondary N) is 2. The van der Waals surface area contributed by atoms with Gasteiger partial charge in [0.1, 0.15) is 0 Å². The molecule has 0 aliphatic heterocycles. The topological polar surface area (TPSA) is 24.1 Å². The maximum absolute atomic E-state index is 5.18. The standard InChI is InChI=1S/C13H20N2S/c1-3-4-8-14-13(16)15-10-12-7-5-6-11(2)9-12/h5-7,9H,3-4,8,10H2,1-2H3,(H2,14,15,16). The molecule has 0 bridgehead atoms. The lowest BCUT2D eigenvalue weighted by Gasteiger charge is -2.10. The van der Waals surface area contributed by atoms with E-state index in [-0.39, 0.29) is 0 Å². The number of aryl methyl sites for hydroxylation is 1. The zero-order valence-corrected chi connectivity index (χ0v) is 10.9. The molecule has 0 aliphatic rings. The Balaban J connectivity index is 2.26. The molecule has 88 valence electrons. The third kappa shape index (κ3) is 5.12. The average molecular weight is 236 g/mol. The van der Waals surface area contributed by atoms with Gasteiger partial charge in [0.2, 0.25) is 0 Å². The van der Waals surface area contributed by atoms with Gasteiger partial charge in [-0.25, -0.2) is 0 Å². The van der Waals surface area contributed by atoms with Gasteiger partial charge in [0.05, 0.1) is 0 Å². The van der Waals surface area contributed by atoms with Crippen molar-refractivity contribution in [1.29, 1.82) is 0 Å². The molecule has 0 atom stereocenters. The normalized spacial score (nSPS) is 9.88. The van der Waals surface area contributed by atoms with Crippen molar-refractivity contribution in [3.05, 3.63) is 35.4 Å². The lowest BCUT2D eigenvalue weighted by molar-refractivity contribution is 0.739. The van der Waals surface area contributed by atoms with E-state index in [4.69, 9.17) is 12.2 Å². The molecule has 0 saturated heterocycles. The number of unbranched alkanes of at least 4 members (excludes halogenated alkanes) is 1. The van der Waals surface area contributed by atoms with Crippen molar-refractivity contribution in [2.24, 2.45) is 0 Å². The lowest BCUT2D eigenvalue weighted by Crippen LogP contribution is -2.35. The minimum absolute atomic E-state index is 0.745. The van der Waals surface area contributed by atoms with Crippen molar-refractivity contribution in [3.8, 4) is 0 Å². The van der Waals surface area contributed by atoms with Crippen LogP contribution >= 0.6 is 12.2 Å². The number of rotatable bonds is 5. The molecular weight excluding hydrogens is 216 g/mol. The van der Waals surface area contributed by atoms with Crippen LogP contribution in [0.4, 0.5) is 0 Å². The van der Waals surface area contributed by atoms with E-state index in [0.29, 0.717) is 0 Å². The minimum atomic E-state index is 0.745. The van der Waals surface area contributed by atoms with Gasteiger partial charge in [-0.3, -0.25) is 0 Å². The highest BCUT2D eigenvalue weighted by Gasteiger charge is 1.96. The molecule has 0 saturated carbocycles. The summed E-state index contributed by atoms with van der Waals surface area (Å²) in [7, 11) is 0. The molecule has 0 amide bonds. The second kappa shape index (κ2) is 7.23. The lowest BCUT2D eigenvalue weighted by atomic mass is 10.1. The smallest absolute Gasteiger partial charge is 0.166 e. The number of thiocarbonyl (C=S) groups is 1. The molecule has 1 rings (SSSR count). The average Bonchev–Trinajstić information content (AvgIpc) is 2.27. The van der Waals surface area contributed by atoms with Crippen molar-refractivity contribution in [2.75, 3.05) is 6.54 Å². The highest BCUT2D eigenvalue weighted by molar-refractivity contribution is 7.80. The molecule has 16 heavy (non-hydrogen) atoms. The molecule has 1 aromatic carbocycles. The number of hydrogen-bond acceptors (Lipinski definition) is 1. The predicted octanol–water partition coefficient (Wildman–Crippen LogP) is 2.76. The number of benzene rings is 1. The van der Waals surface area contributed by atoms with E-state index in [2.05, 4.69) is 48.7 Å². The molecule has 3 heteroatoms. The van der Waals surface area contributed by atoms with Crippen LogP contribution < -0.4 is 10.6 Å². The van der Waals surface area contributed by atoms with Crippen molar-refractivity contribution >= 4 is 17.3 Å². The van der Waals surface area contributed by atoms with E-state index in [1.807, 2.05) is 0 Å². The van der Waals surface area contributed by atoms with Gasteiger partial charge < -0.3 is 10.6 Å². The third-order valence-electron chi connectivity index (χ3n) is 2.35. The van der Waals surface area contributed by atoms with Crippen LogP contribution in [0.2, 0.25) is 0 Å². The van der Waals surface area contributed by atoms with Gasteiger partial charge in [-0.05, 0) is 31.1 Å². The Morgan fingerprint density at radius 3 is 2.81 bits per heavy atom. The fourth-order valence-corrected chi connectivity index (χ4v) is 1.62. The Morgan fingerprint density at radius 1 is 1.31 bits per heavy atom. The summed E-state index contributed by atoms with van der Waals surface area (Å²) >= 11 is 5.18. The largest absolute Gasteiger partial charge is 0.363 e. The van der Waals surface area contributed by atoms with E-state index in [1.165, 1.54) is 17.5 Å². The van der Waals surface area contributed by atoms with Gasteiger partial charge in [-0.15, -0.1) is 0 Å². The van der Waals surface area contributed by atoms with Crippen LogP contribution in [0, 0.1) is 6.92 Å². The Bertz CT molecular complexity index is 336. The van der Waals surface area contributed by atoms with Crippen molar-refractivity contribution < 1.29 is 0 Å². The zero-order valence-electron chi connectivity index (χ0n) is 10.0. The van der Waals surface area contributed by atoms with Gasteiger partial charge in [-0.2, -0.15) is 0 Å². The predicted molar refractivity (Wildman–Crippen MR) is 73.5 cm³/mol. The third-order valence-corrected chi connectivity index (χ3v) is 2.64. The highest BCUT2D eigenvalue weighted by atomic mass is 32.1. The first-order valence-corrected chi connectivity index (χ1v) is 6.20. The molecular formula is C13H20N2S. The Kier molecular flexibility index (Phi) is 5.86. The summed E-state index contributed by atoms with van der Waals surface area (Å²) in [5.74, 6) is 0. The summed E-state index contributed by atoms with van der Waals surface area (Å²) < 4.78 is 0. The van der Waals surface area contributed by atoms with E-state index >= 15 is 0 Å². The Hall–Kier alpha value is -1.09. The quantitative estimate of drug-likeness (QED) is 0.607. The van der Waals surface area contributed by atoms with Gasteiger partial charge >= 0.3 is 0 Å². The van der Waals surface area contributed by atoms with E-state index in [1.54, 1.807) is 0 Å². The summed E-state index contributed by atoms with van der Waals surface area (Å²) in [4.78, 5) is 0. The van der Waals surface area contributed by atoms with Gasteiger partial charge in [-0.1, -0.05) is 43.2 Å². The maximum Gasteiger partial charge on any atom is 0.166 e. The second-order valence-corrected chi connectivity index (χ2v) is 4.36. The summed E-state index contributed by atoms with van der Waals surface area (Å²) in [5.41, 5.74) is 2.55. The molecule has 0 fully saturated rings. The minimum Gasteiger partial charge on any atom is -0.363 e. The van der Waals surface area contributed by atoms with Crippen LogP contribution in [0.1, 0.15) is 30.9 Å². The Labute approximate surface area is 103 Å². The van der Waals surface area contributed by atoms with Crippen molar-refractivity contribution in [1.82, 2.24) is 10.6 Å². The fraction of sp³-hybridized carbons (Fsp3) is 0.462.